The largest absolute Gasteiger partial charge is 0.495 e. The van der Waals surface area contributed by atoms with Crippen LogP contribution in [0.4, 0.5) is 0 Å². The van der Waals surface area contributed by atoms with Gasteiger partial charge in [0.15, 0.2) is 0 Å². The van der Waals surface area contributed by atoms with Crippen LogP contribution < -0.4 is 10.1 Å². The number of hydrogen-bond donors (Lipinski definition) is 1. The van der Waals surface area contributed by atoms with Crippen molar-refractivity contribution in [2.24, 2.45) is 0 Å². The summed E-state index contributed by atoms with van der Waals surface area (Å²) in [6.07, 6.45) is 0. The summed E-state index contributed by atoms with van der Waals surface area (Å²) in [6.45, 7) is 5.02. The third-order valence-electron chi connectivity index (χ3n) is 3.47. The molecule has 2 aromatic carbocycles. The number of methoxy groups -OCH3 is 1. The lowest BCUT2D eigenvalue weighted by molar-refractivity contribution is 0.403. The van der Waals surface area contributed by atoms with Gasteiger partial charge in [-0.2, -0.15) is 0 Å². The first kappa shape index (κ1) is 16.5. The van der Waals surface area contributed by atoms with Crippen molar-refractivity contribution in [3.63, 3.8) is 0 Å². The summed E-state index contributed by atoms with van der Waals surface area (Å²) in [5, 5.41) is 3.54. The van der Waals surface area contributed by atoms with Gasteiger partial charge in [-0.1, -0.05) is 45.8 Å². The molecule has 0 aliphatic heterocycles. The molecule has 1 atom stereocenters. The standard InChI is InChI=1S/C17H19Br2NO/c1-11-4-6-13(7-5-11)12(2)20-10-14-8-15(18)9-16(19)17(14)21-3/h4-9,12,20H,10H2,1-3H3/t12-/m1/s1. The predicted molar refractivity (Wildman–Crippen MR) is 94.8 cm³/mol. The van der Waals surface area contributed by atoms with E-state index in [1.807, 2.05) is 6.07 Å². The zero-order valence-corrected chi connectivity index (χ0v) is 15.6. The van der Waals surface area contributed by atoms with Crippen LogP contribution in [0, 0.1) is 6.92 Å². The number of nitrogens with one attached hydrogen (secondary N) is 1. The lowest BCUT2D eigenvalue weighted by atomic mass is 10.1. The third-order valence-corrected chi connectivity index (χ3v) is 4.51. The van der Waals surface area contributed by atoms with Gasteiger partial charge in [0.05, 0.1) is 11.6 Å². The minimum atomic E-state index is 0.285. The Kier molecular flexibility index (Phi) is 5.85. The third kappa shape index (κ3) is 4.31. The smallest absolute Gasteiger partial charge is 0.137 e. The molecule has 2 nitrogen and oxygen atoms in total. The molecule has 0 heterocycles. The summed E-state index contributed by atoms with van der Waals surface area (Å²) < 4.78 is 7.47. The fraction of sp³-hybridized carbons (Fsp3) is 0.294. The second kappa shape index (κ2) is 7.43. The maximum atomic E-state index is 5.48. The lowest BCUT2D eigenvalue weighted by Crippen LogP contribution is -2.18. The van der Waals surface area contributed by atoms with Gasteiger partial charge >= 0.3 is 0 Å². The van der Waals surface area contributed by atoms with Crippen molar-refractivity contribution in [3.8, 4) is 5.75 Å². The minimum absolute atomic E-state index is 0.285. The Morgan fingerprint density at radius 1 is 1.14 bits per heavy atom. The van der Waals surface area contributed by atoms with Crippen molar-refractivity contribution in [2.45, 2.75) is 26.4 Å². The Balaban J connectivity index is 2.10. The van der Waals surface area contributed by atoms with Crippen LogP contribution in [0.5, 0.6) is 5.75 Å². The molecule has 0 unspecified atom stereocenters. The average molecular weight is 413 g/mol. The van der Waals surface area contributed by atoms with Crippen LogP contribution in [-0.4, -0.2) is 7.11 Å². The molecule has 0 saturated carbocycles. The molecule has 0 saturated heterocycles. The van der Waals surface area contributed by atoms with E-state index in [0.29, 0.717) is 0 Å². The monoisotopic (exact) mass is 411 g/mol. The van der Waals surface area contributed by atoms with Crippen LogP contribution in [-0.2, 0) is 6.54 Å². The Morgan fingerprint density at radius 2 is 1.81 bits per heavy atom. The summed E-state index contributed by atoms with van der Waals surface area (Å²) in [6, 6.07) is 13.0. The Hall–Kier alpha value is -0.840. The van der Waals surface area contributed by atoms with E-state index < -0.39 is 0 Å². The Labute approximate surface area is 143 Å². The van der Waals surface area contributed by atoms with Crippen molar-refractivity contribution in [1.29, 1.82) is 0 Å². The molecule has 0 aromatic heterocycles. The van der Waals surface area contributed by atoms with Crippen LogP contribution in [0.3, 0.4) is 0 Å². The topological polar surface area (TPSA) is 21.3 Å². The first-order valence-electron chi connectivity index (χ1n) is 6.83. The number of halogens is 2. The SMILES string of the molecule is COc1c(Br)cc(Br)cc1CN[C@H](C)c1ccc(C)cc1. The first-order chi connectivity index (χ1) is 10.0. The molecule has 0 bridgehead atoms. The maximum Gasteiger partial charge on any atom is 0.137 e. The zero-order valence-electron chi connectivity index (χ0n) is 12.4. The molecular weight excluding hydrogens is 394 g/mol. The van der Waals surface area contributed by atoms with Gasteiger partial charge in [0.25, 0.3) is 0 Å². The van der Waals surface area contributed by atoms with Crippen molar-refractivity contribution < 1.29 is 4.74 Å². The van der Waals surface area contributed by atoms with Gasteiger partial charge in [-0.3, -0.25) is 0 Å². The number of aryl methyl sites for hydroxylation is 1. The molecule has 0 aliphatic rings. The molecule has 2 rings (SSSR count). The maximum absolute atomic E-state index is 5.48. The van der Waals surface area contributed by atoms with Crippen LogP contribution in [0.25, 0.3) is 0 Å². The Bertz CT molecular complexity index is 611. The van der Waals surface area contributed by atoms with Gasteiger partial charge in [-0.25, -0.2) is 0 Å². The van der Waals surface area contributed by atoms with Gasteiger partial charge in [-0.05, 0) is 47.5 Å². The van der Waals surface area contributed by atoms with Gasteiger partial charge in [-0.15, -0.1) is 0 Å². The van der Waals surface area contributed by atoms with Crippen LogP contribution >= 0.6 is 31.9 Å². The van der Waals surface area contributed by atoms with E-state index in [4.69, 9.17) is 4.74 Å². The molecule has 112 valence electrons. The summed E-state index contributed by atoms with van der Waals surface area (Å²) in [4.78, 5) is 0. The van der Waals surface area contributed by atoms with Crippen molar-refractivity contribution >= 4 is 31.9 Å². The summed E-state index contributed by atoms with van der Waals surface area (Å²) >= 11 is 7.06. The van der Waals surface area contributed by atoms with Crippen LogP contribution in [0.2, 0.25) is 0 Å². The number of benzene rings is 2. The number of hydrogen-bond acceptors (Lipinski definition) is 2. The summed E-state index contributed by atoms with van der Waals surface area (Å²) in [5.74, 6) is 0.877. The summed E-state index contributed by atoms with van der Waals surface area (Å²) in [5.41, 5.74) is 3.69. The molecule has 0 aliphatic carbocycles. The lowest BCUT2D eigenvalue weighted by Gasteiger charge is -2.17. The number of rotatable bonds is 5. The van der Waals surface area contributed by atoms with E-state index in [9.17, 15) is 0 Å². The first-order valence-corrected chi connectivity index (χ1v) is 8.41. The predicted octanol–water partition coefficient (Wildman–Crippen LogP) is 5.38. The van der Waals surface area contributed by atoms with Crippen LogP contribution in [0.15, 0.2) is 45.3 Å². The fourth-order valence-electron chi connectivity index (χ4n) is 2.21. The van der Waals surface area contributed by atoms with Crippen molar-refractivity contribution in [2.75, 3.05) is 7.11 Å². The average Bonchev–Trinajstić information content (AvgIpc) is 2.45. The molecule has 21 heavy (non-hydrogen) atoms. The molecule has 4 heteroatoms. The van der Waals surface area contributed by atoms with Gasteiger partial charge in [0.2, 0.25) is 0 Å². The highest BCUT2D eigenvalue weighted by Gasteiger charge is 2.11. The molecule has 0 radical (unpaired) electrons. The minimum Gasteiger partial charge on any atom is -0.495 e. The van der Waals surface area contributed by atoms with Crippen LogP contribution in [0.1, 0.15) is 29.7 Å². The molecular formula is C17H19Br2NO. The molecule has 0 spiro atoms. The van der Waals surface area contributed by atoms with E-state index in [0.717, 1.165) is 26.8 Å². The fourth-order valence-corrected chi connectivity index (χ4v) is 3.69. The second-order valence-electron chi connectivity index (χ2n) is 5.09. The molecule has 1 N–H and O–H groups in total. The van der Waals surface area contributed by atoms with E-state index in [2.05, 4.69) is 81.4 Å². The quantitative estimate of drug-likeness (QED) is 0.711. The molecule has 0 fully saturated rings. The van der Waals surface area contributed by atoms with E-state index in [1.165, 1.54) is 11.1 Å². The number of ether oxygens (including phenoxy) is 1. The molecule has 0 amide bonds. The van der Waals surface area contributed by atoms with Gasteiger partial charge in [0.1, 0.15) is 5.75 Å². The van der Waals surface area contributed by atoms with Crippen molar-refractivity contribution in [3.05, 3.63) is 62.0 Å². The Morgan fingerprint density at radius 3 is 2.43 bits per heavy atom. The van der Waals surface area contributed by atoms with E-state index in [1.54, 1.807) is 7.11 Å². The highest BCUT2D eigenvalue weighted by molar-refractivity contribution is 9.11. The second-order valence-corrected chi connectivity index (χ2v) is 6.86. The van der Waals surface area contributed by atoms with E-state index >= 15 is 0 Å². The molecule has 2 aromatic rings. The summed E-state index contributed by atoms with van der Waals surface area (Å²) in [7, 11) is 1.70. The van der Waals surface area contributed by atoms with E-state index in [-0.39, 0.29) is 6.04 Å². The zero-order chi connectivity index (χ0) is 15.4. The van der Waals surface area contributed by atoms with Gasteiger partial charge in [0, 0.05) is 22.6 Å². The highest BCUT2D eigenvalue weighted by atomic mass is 79.9. The van der Waals surface area contributed by atoms with Crippen molar-refractivity contribution in [1.82, 2.24) is 5.32 Å². The van der Waals surface area contributed by atoms with Gasteiger partial charge < -0.3 is 10.1 Å². The normalized spacial score (nSPS) is 12.2. The highest BCUT2D eigenvalue weighted by Crippen LogP contribution is 2.33.